The largest absolute Gasteiger partial charge is 0.305 e. The fourth-order valence-electron chi connectivity index (χ4n) is 3.09. The zero-order valence-corrected chi connectivity index (χ0v) is 13.2. The van der Waals surface area contributed by atoms with E-state index in [0.29, 0.717) is 12.1 Å². The highest BCUT2D eigenvalue weighted by Crippen LogP contribution is 2.15. The lowest BCUT2D eigenvalue weighted by Gasteiger charge is -2.34. The third-order valence-electron chi connectivity index (χ3n) is 4.41. The quantitative estimate of drug-likeness (QED) is 0.401. The molecule has 1 aliphatic heterocycles. The number of nitrogens with one attached hydrogen (secondary N) is 1. The Bertz CT molecular complexity index is 222. The maximum atomic E-state index is 5.81. The molecule has 0 aliphatic carbocycles. The van der Waals surface area contributed by atoms with Crippen LogP contribution in [-0.4, -0.2) is 55.6 Å². The second-order valence-electron chi connectivity index (χ2n) is 6.14. The van der Waals surface area contributed by atoms with E-state index in [1.165, 1.54) is 58.0 Å². The molecule has 19 heavy (non-hydrogen) atoms. The summed E-state index contributed by atoms with van der Waals surface area (Å²) in [4.78, 5) is 4.93. The topological polar surface area (TPSA) is 44.5 Å². The van der Waals surface area contributed by atoms with Gasteiger partial charge in [-0.1, -0.05) is 39.0 Å². The molecule has 0 aromatic rings. The molecule has 114 valence electrons. The molecule has 1 rings (SSSR count). The SMILES string of the molecule is CCCCCCCC(NN)C1CN(C)CCCN1C. The maximum Gasteiger partial charge on any atom is 0.0386 e. The normalized spacial score (nSPS) is 24.3. The van der Waals surface area contributed by atoms with Gasteiger partial charge in [0.05, 0.1) is 0 Å². The lowest BCUT2D eigenvalue weighted by Crippen LogP contribution is -2.54. The summed E-state index contributed by atoms with van der Waals surface area (Å²) in [6.45, 7) is 5.78. The van der Waals surface area contributed by atoms with E-state index in [2.05, 4.69) is 36.2 Å². The first-order valence-corrected chi connectivity index (χ1v) is 8.04. The number of hydrazine groups is 1. The number of rotatable bonds is 8. The maximum absolute atomic E-state index is 5.81. The molecule has 0 spiro atoms. The van der Waals surface area contributed by atoms with Gasteiger partial charge in [0.25, 0.3) is 0 Å². The van der Waals surface area contributed by atoms with E-state index >= 15 is 0 Å². The Morgan fingerprint density at radius 1 is 1.16 bits per heavy atom. The van der Waals surface area contributed by atoms with Crippen LogP contribution in [0.3, 0.4) is 0 Å². The summed E-state index contributed by atoms with van der Waals surface area (Å²) in [6, 6.07) is 0.968. The molecule has 2 unspecified atom stereocenters. The summed E-state index contributed by atoms with van der Waals surface area (Å²) in [6.07, 6.45) is 9.15. The van der Waals surface area contributed by atoms with Crippen molar-refractivity contribution >= 4 is 0 Å². The molecule has 1 fully saturated rings. The summed E-state index contributed by atoms with van der Waals surface area (Å²) < 4.78 is 0. The Balaban J connectivity index is 2.38. The molecule has 2 atom stereocenters. The van der Waals surface area contributed by atoms with Gasteiger partial charge in [-0.15, -0.1) is 0 Å². The number of unbranched alkanes of at least 4 members (excludes halogenated alkanes) is 4. The van der Waals surface area contributed by atoms with E-state index in [9.17, 15) is 0 Å². The standard InChI is InChI=1S/C15H34N4/c1-4-5-6-7-8-10-14(17-16)15-13-18(2)11-9-12-19(15)3/h14-15,17H,4-13,16H2,1-3H3. The molecule has 0 aromatic carbocycles. The molecule has 0 amide bonds. The zero-order valence-electron chi connectivity index (χ0n) is 13.2. The van der Waals surface area contributed by atoms with Crippen molar-refractivity contribution in [2.45, 2.75) is 64.0 Å². The van der Waals surface area contributed by atoms with E-state index < -0.39 is 0 Å². The van der Waals surface area contributed by atoms with E-state index in [4.69, 9.17) is 5.84 Å². The summed E-state index contributed by atoms with van der Waals surface area (Å²) in [5.41, 5.74) is 3.07. The van der Waals surface area contributed by atoms with Crippen molar-refractivity contribution in [1.29, 1.82) is 0 Å². The number of likely N-dealkylation sites (N-methyl/N-ethyl adjacent to an activating group) is 2. The highest BCUT2D eigenvalue weighted by atomic mass is 15.3. The third kappa shape index (κ3) is 6.21. The van der Waals surface area contributed by atoms with Gasteiger partial charge < -0.3 is 9.80 Å². The average molecular weight is 270 g/mol. The third-order valence-corrected chi connectivity index (χ3v) is 4.41. The molecule has 0 bridgehead atoms. The molecule has 0 radical (unpaired) electrons. The molecule has 0 aromatic heterocycles. The highest BCUT2D eigenvalue weighted by Gasteiger charge is 2.27. The van der Waals surface area contributed by atoms with Gasteiger partial charge in [-0.25, -0.2) is 0 Å². The van der Waals surface area contributed by atoms with Crippen molar-refractivity contribution in [1.82, 2.24) is 15.2 Å². The minimum absolute atomic E-state index is 0.423. The number of nitrogens with two attached hydrogens (primary N) is 1. The van der Waals surface area contributed by atoms with Gasteiger partial charge in [0.15, 0.2) is 0 Å². The Morgan fingerprint density at radius 2 is 1.89 bits per heavy atom. The molecule has 1 aliphatic rings. The van der Waals surface area contributed by atoms with Crippen molar-refractivity contribution in [2.75, 3.05) is 33.7 Å². The number of hydrogen-bond acceptors (Lipinski definition) is 4. The lowest BCUT2D eigenvalue weighted by molar-refractivity contribution is 0.171. The van der Waals surface area contributed by atoms with E-state index in [1.807, 2.05) is 0 Å². The van der Waals surface area contributed by atoms with Gasteiger partial charge in [0, 0.05) is 18.6 Å². The van der Waals surface area contributed by atoms with Crippen molar-refractivity contribution in [3.63, 3.8) is 0 Å². The van der Waals surface area contributed by atoms with Crippen molar-refractivity contribution in [3.8, 4) is 0 Å². The van der Waals surface area contributed by atoms with Gasteiger partial charge in [-0.05, 0) is 40.0 Å². The lowest BCUT2D eigenvalue weighted by atomic mass is 9.99. The van der Waals surface area contributed by atoms with Gasteiger partial charge in [-0.3, -0.25) is 11.3 Å². The number of hydrogen-bond donors (Lipinski definition) is 2. The fraction of sp³-hybridized carbons (Fsp3) is 1.00. The van der Waals surface area contributed by atoms with Crippen LogP contribution in [0, 0.1) is 0 Å². The molecular weight excluding hydrogens is 236 g/mol. The fourth-order valence-corrected chi connectivity index (χ4v) is 3.09. The molecule has 4 heteroatoms. The van der Waals surface area contributed by atoms with Crippen LogP contribution in [0.5, 0.6) is 0 Å². The number of nitrogens with zero attached hydrogens (tertiary/aromatic N) is 2. The predicted octanol–water partition coefficient (Wildman–Crippen LogP) is 1.81. The molecular formula is C15H34N4. The minimum atomic E-state index is 0.423. The first kappa shape index (κ1) is 16.9. The summed E-state index contributed by atoms with van der Waals surface area (Å²) >= 11 is 0. The minimum Gasteiger partial charge on any atom is -0.305 e. The molecule has 3 N–H and O–H groups in total. The predicted molar refractivity (Wildman–Crippen MR) is 83.0 cm³/mol. The van der Waals surface area contributed by atoms with Crippen LogP contribution < -0.4 is 11.3 Å². The van der Waals surface area contributed by atoms with E-state index in [-0.39, 0.29) is 0 Å². The monoisotopic (exact) mass is 270 g/mol. The van der Waals surface area contributed by atoms with Gasteiger partial charge >= 0.3 is 0 Å². The van der Waals surface area contributed by atoms with Crippen LogP contribution in [0.15, 0.2) is 0 Å². The average Bonchev–Trinajstić information content (AvgIpc) is 2.56. The van der Waals surface area contributed by atoms with E-state index in [1.54, 1.807) is 0 Å². The van der Waals surface area contributed by atoms with Gasteiger partial charge in [0.2, 0.25) is 0 Å². The summed E-state index contributed by atoms with van der Waals surface area (Å²) in [5.74, 6) is 5.81. The Kier molecular flexibility index (Phi) is 8.62. The van der Waals surface area contributed by atoms with Crippen LogP contribution >= 0.6 is 0 Å². The van der Waals surface area contributed by atoms with Crippen LogP contribution in [-0.2, 0) is 0 Å². The Labute approximate surface area is 119 Å². The first-order valence-electron chi connectivity index (χ1n) is 8.04. The highest BCUT2D eigenvalue weighted by molar-refractivity contribution is 4.86. The second kappa shape index (κ2) is 9.70. The van der Waals surface area contributed by atoms with Crippen molar-refractivity contribution < 1.29 is 0 Å². The summed E-state index contributed by atoms with van der Waals surface area (Å²) in [7, 11) is 4.46. The van der Waals surface area contributed by atoms with Gasteiger partial charge in [-0.2, -0.15) is 0 Å². The van der Waals surface area contributed by atoms with Gasteiger partial charge in [0.1, 0.15) is 0 Å². The Hall–Kier alpha value is -0.160. The van der Waals surface area contributed by atoms with Crippen LogP contribution in [0.25, 0.3) is 0 Å². The van der Waals surface area contributed by atoms with Crippen molar-refractivity contribution in [3.05, 3.63) is 0 Å². The van der Waals surface area contributed by atoms with E-state index in [0.717, 1.165) is 6.54 Å². The second-order valence-corrected chi connectivity index (χ2v) is 6.14. The van der Waals surface area contributed by atoms with Crippen LogP contribution in [0.4, 0.5) is 0 Å². The molecule has 4 nitrogen and oxygen atoms in total. The van der Waals surface area contributed by atoms with Crippen LogP contribution in [0.2, 0.25) is 0 Å². The van der Waals surface area contributed by atoms with Crippen LogP contribution in [0.1, 0.15) is 51.9 Å². The first-order chi connectivity index (χ1) is 9.19. The van der Waals surface area contributed by atoms with Crippen molar-refractivity contribution in [2.24, 2.45) is 5.84 Å². The zero-order chi connectivity index (χ0) is 14.1. The Morgan fingerprint density at radius 3 is 2.58 bits per heavy atom. The summed E-state index contributed by atoms with van der Waals surface area (Å²) in [5, 5.41) is 0. The molecule has 1 saturated heterocycles. The smallest absolute Gasteiger partial charge is 0.0386 e. The molecule has 0 saturated carbocycles. The molecule has 1 heterocycles.